The molecule has 2 saturated carbocycles. The fraction of sp³-hybridized carbons (Fsp3) is 0.708. The number of esters is 2. The Labute approximate surface area is 191 Å². The second kappa shape index (κ2) is 7.65. The number of aliphatic hydroxyl groups is 1. The summed E-state index contributed by atoms with van der Waals surface area (Å²) in [6.45, 7) is 4.94. The smallest absolute Gasteiger partial charge is 0.304 e. The summed E-state index contributed by atoms with van der Waals surface area (Å²) >= 11 is 0. The summed E-state index contributed by atoms with van der Waals surface area (Å²) in [4.78, 5) is 37.6. The van der Waals surface area contributed by atoms with E-state index in [1.807, 2.05) is 6.92 Å². The van der Waals surface area contributed by atoms with Gasteiger partial charge in [0.15, 0.2) is 0 Å². The molecule has 4 fully saturated rings. The van der Waals surface area contributed by atoms with Gasteiger partial charge in [-0.3, -0.25) is 14.4 Å². The number of ether oxygens (including phenoxy) is 4. The molecule has 2 saturated heterocycles. The molecule has 3 heterocycles. The number of hydrogen-bond acceptors (Lipinski definition) is 9. The predicted octanol–water partition coefficient (Wildman–Crippen LogP) is 2.31. The Hall–Kier alpha value is -2.23. The molecule has 33 heavy (non-hydrogen) atoms. The van der Waals surface area contributed by atoms with Crippen LogP contribution in [0.4, 0.5) is 0 Å². The third kappa shape index (κ3) is 3.05. The van der Waals surface area contributed by atoms with Crippen LogP contribution in [-0.2, 0) is 33.3 Å². The van der Waals surface area contributed by atoms with Gasteiger partial charge in [0.2, 0.25) is 6.29 Å². The Morgan fingerprint density at radius 2 is 1.94 bits per heavy atom. The number of furan rings is 1. The lowest BCUT2D eigenvalue weighted by molar-refractivity contribution is -0.324. The van der Waals surface area contributed by atoms with Gasteiger partial charge in [0.1, 0.15) is 17.5 Å². The molecule has 0 amide bonds. The molecule has 8 atom stereocenters. The third-order valence-corrected chi connectivity index (χ3v) is 8.56. The highest BCUT2D eigenvalue weighted by Crippen LogP contribution is 2.71. The number of carbonyl (C=O) groups is 3. The molecule has 9 nitrogen and oxygen atoms in total. The zero-order valence-electron chi connectivity index (χ0n) is 19.1. The van der Waals surface area contributed by atoms with Crippen LogP contribution in [0.25, 0.3) is 0 Å². The number of ketones is 1. The fourth-order valence-corrected chi connectivity index (χ4v) is 7.12. The first-order valence-corrected chi connectivity index (χ1v) is 11.5. The number of rotatable bonds is 5. The van der Waals surface area contributed by atoms with Gasteiger partial charge in [-0.25, -0.2) is 0 Å². The third-order valence-electron chi connectivity index (χ3n) is 8.56. The number of carbonyl (C=O) groups excluding carboxylic acids is 3. The second-order valence-electron chi connectivity index (χ2n) is 10.0. The number of epoxide rings is 1. The standard InChI is InChI=1S/C24H30O9/c1-13-8-19(28)23-11-30-21(33-15(3)26)22(13,9-17(27)16-6-7-29-10-16)18(23)4-5-20(32-14(2)25)24(23)12-31-24/h6-7,10,13,17-18,20-21,27H,4-5,8-9,11-12H2,1-3H3/t13-,17+,18-,20+,21-,22-,23+,24-/m1/s1. The highest BCUT2D eigenvalue weighted by Gasteiger charge is 2.81. The van der Waals surface area contributed by atoms with E-state index in [1.165, 1.54) is 26.4 Å². The normalized spacial score (nSPS) is 42.4. The van der Waals surface area contributed by atoms with Gasteiger partial charge in [-0.1, -0.05) is 6.92 Å². The van der Waals surface area contributed by atoms with Gasteiger partial charge < -0.3 is 28.5 Å². The lowest BCUT2D eigenvalue weighted by atomic mass is 9.41. The fourth-order valence-electron chi connectivity index (χ4n) is 7.12. The highest BCUT2D eigenvalue weighted by molar-refractivity contribution is 5.89. The van der Waals surface area contributed by atoms with Crippen molar-refractivity contribution in [1.82, 2.24) is 0 Å². The Kier molecular flexibility index (Phi) is 5.23. The minimum atomic E-state index is -1.04. The molecule has 2 bridgehead atoms. The van der Waals surface area contributed by atoms with E-state index in [0.717, 1.165) is 0 Å². The van der Waals surface area contributed by atoms with Crippen LogP contribution in [0.5, 0.6) is 0 Å². The zero-order chi connectivity index (χ0) is 23.6. The van der Waals surface area contributed by atoms with E-state index >= 15 is 0 Å². The maximum atomic E-state index is 13.8. The summed E-state index contributed by atoms with van der Waals surface area (Å²) in [5.41, 5.74) is -2.22. The summed E-state index contributed by atoms with van der Waals surface area (Å²) < 4.78 is 28.6. The Morgan fingerprint density at radius 1 is 1.21 bits per heavy atom. The topological polar surface area (TPSA) is 125 Å². The zero-order valence-corrected chi connectivity index (χ0v) is 19.1. The van der Waals surface area contributed by atoms with E-state index < -0.39 is 46.9 Å². The number of aliphatic hydroxyl groups excluding tert-OH is 1. The van der Waals surface area contributed by atoms with Crippen LogP contribution in [-0.4, -0.2) is 54.0 Å². The van der Waals surface area contributed by atoms with Gasteiger partial charge in [0.25, 0.3) is 0 Å². The Bertz CT molecular complexity index is 951. The maximum Gasteiger partial charge on any atom is 0.304 e. The molecule has 0 unspecified atom stereocenters. The molecule has 4 aliphatic rings. The van der Waals surface area contributed by atoms with Gasteiger partial charge in [0.05, 0.1) is 37.3 Å². The van der Waals surface area contributed by atoms with E-state index in [1.54, 1.807) is 6.07 Å². The lowest BCUT2D eigenvalue weighted by Crippen LogP contribution is -2.74. The van der Waals surface area contributed by atoms with Crippen molar-refractivity contribution < 1.29 is 42.9 Å². The molecule has 0 radical (unpaired) electrons. The van der Waals surface area contributed by atoms with Crippen LogP contribution in [0, 0.1) is 22.7 Å². The number of hydrogen-bond donors (Lipinski definition) is 1. The predicted molar refractivity (Wildman–Crippen MR) is 110 cm³/mol. The Morgan fingerprint density at radius 3 is 2.55 bits per heavy atom. The van der Waals surface area contributed by atoms with Crippen LogP contribution < -0.4 is 0 Å². The van der Waals surface area contributed by atoms with Gasteiger partial charge in [-0.05, 0) is 37.2 Å². The molecule has 0 aromatic carbocycles. The van der Waals surface area contributed by atoms with Crippen molar-refractivity contribution in [3.63, 3.8) is 0 Å². The molecule has 1 N–H and O–H groups in total. The van der Waals surface area contributed by atoms with Crippen LogP contribution in [0.15, 0.2) is 23.0 Å². The van der Waals surface area contributed by atoms with E-state index in [9.17, 15) is 19.5 Å². The lowest BCUT2D eigenvalue weighted by Gasteiger charge is -2.66. The second-order valence-corrected chi connectivity index (χ2v) is 10.0. The summed E-state index contributed by atoms with van der Waals surface area (Å²) in [6.07, 6.45) is 2.13. The quantitative estimate of drug-likeness (QED) is 0.518. The van der Waals surface area contributed by atoms with Crippen molar-refractivity contribution in [2.24, 2.45) is 22.7 Å². The van der Waals surface area contributed by atoms with Crippen LogP contribution in [0.2, 0.25) is 0 Å². The minimum Gasteiger partial charge on any atom is -0.472 e. The molecule has 2 aliphatic heterocycles. The molecular weight excluding hydrogens is 432 g/mol. The number of Topliss-reactive ketones (excluding diaryl/α,β-unsaturated/α-hetero) is 1. The molecule has 180 valence electrons. The summed E-state index contributed by atoms with van der Waals surface area (Å²) in [7, 11) is 0. The average molecular weight is 462 g/mol. The van der Waals surface area contributed by atoms with Crippen molar-refractivity contribution in [3.05, 3.63) is 24.2 Å². The van der Waals surface area contributed by atoms with Crippen molar-refractivity contribution in [3.8, 4) is 0 Å². The van der Waals surface area contributed by atoms with Crippen molar-refractivity contribution in [1.29, 1.82) is 0 Å². The maximum absolute atomic E-state index is 13.8. The van der Waals surface area contributed by atoms with Crippen molar-refractivity contribution >= 4 is 17.7 Å². The first-order chi connectivity index (χ1) is 15.7. The Balaban J connectivity index is 1.62. The largest absolute Gasteiger partial charge is 0.472 e. The molecule has 1 aromatic heterocycles. The average Bonchev–Trinajstić information content (AvgIpc) is 3.34. The summed E-state index contributed by atoms with van der Waals surface area (Å²) in [5, 5.41) is 11.2. The van der Waals surface area contributed by atoms with Gasteiger partial charge in [-0.2, -0.15) is 0 Å². The van der Waals surface area contributed by atoms with Gasteiger partial charge in [-0.15, -0.1) is 0 Å². The van der Waals surface area contributed by atoms with E-state index in [0.29, 0.717) is 25.0 Å². The van der Waals surface area contributed by atoms with Crippen molar-refractivity contribution in [2.75, 3.05) is 13.2 Å². The SMILES string of the molecule is CC(=O)O[C@H]1OC[C@@]23C(=O)C[C@@H](C)[C@]1(C[C@H](O)c1ccoc1)[C@H]2CC[C@H](OC(C)=O)[C@]31CO1. The molecule has 1 aromatic rings. The van der Waals surface area contributed by atoms with Crippen LogP contribution in [0.3, 0.4) is 0 Å². The molecule has 1 spiro atoms. The molecule has 2 aliphatic carbocycles. The summed E-state index contributed by atoms with van der Waals surface area (Å²) in [5.74, 6) is -1.40. The van der Waals surface area contributed by atoms with Gasteiger partial charge in [0, 0.05) is 31.2 Å². The molecular formula is C24H30O9. The molecule has 5 rings (SSSR count). The van der Waals surface area contributed by atoms with E-state index in [2.05, 4.69) is 0 Å². The van der Waals surface area contributed by atoms with E-state index in [-0.39, 0.29) is 37.1 Å². The van der Waals surface area contributed by atoms with Crippen molar-refractivity contribution in [2.45, 2.75) is 70.6 Å². The van der Waals surface area contributed by atoms with Crippen LogP contribution in [0.1, 0.15) is 58.1 Å². The highest BCUT2D eigenvalue weighted by atomic mass is 16.7. The van der Waals surface area contributed by atoms with E-state index in [4.69, 9.17) is 23.4 Å². The summed E-state index contributed by atoms with van der Waals surface area (Å²) in [6, 6.07) is 1.70. The molecule has 9 heteroatoms. The van der Waals surface area contributed by atoms with Gasteiger partial charge >= 0.3 is 11.9 Å². The first kappa shape index (κ1) is 22.6. The monoisotopic (exact) mass is 462 g/mol. The van der Waals surface area contributed by atoms with Crippen LogP contribution >= 0.6 is 0 Å². The first-order valence-electron chi connectivity index (χ1n) is 11.5. The minimum absolute atomic E-state index is 0.0164.